The van der Waals surface area contributed by atoms with E-state index in [1.54, 1.807) is 6.08 Å². The average molecular weight is 278 g/mol. The summed E-state index contributed by atoms with van der Waals surface area (Å²) < 4.78 is 5.01. The lowest BCUT2D eigenvalue weighted by atomic mass is 10.2. The van der Waals surface area contributed by atoms with Crippen LogP contribution < -0.4 is 0 Å². The van der Waals surface area contributed by atoms with Gasteiger partial charge in [-0.1, -0.05) is 23.7 Å². The van der Waals surface area contributed by atoms with Crippen molar-refractivity contribution in [3.63, 3.8) is 0 Å². The maximum absolute atomic E-state index is 11.2. The highest BCUT2D eigenvalue weighted by atomic mass is 35.5. The summed E-state index contributed by atoms with van der Waals surface area (Å²) in [5, 5.41) is 0.746. The number of benzene rings is 1. The number of hydrogen-bond acceptors (Lipinski definition) is 3. The second-order valence-corrected chi connectivity index (χ2v) is 5.63. The van der Waals surface area contributed by atoms with E-state index in [0.717, 1.165) is 29.7 Å². The molecule has 0 N–H and O–H groups in total. The Morgan fingerprint density at radius 3 is 2.58 bits per heavy atom. The molecule has 2 aliphatic rings. The second kappa shape index (κ2) is 5.25. The predicted molar refractivity (Wildman–Crippen MR) is 73.6 cm³/mol. The minimum atomic E-state index is -0.230. The molecule has 4 heteroatoms. The average Bonchev–Trinajstić information content (AvgIpc) is 3.11. The summed E-state index contributed by atoms with van der Waals surface area (Å²) in [7, 11) is 0. The zero-order chi connectivity index (χ0) is 13.2. The Balaban J connectivity index is 1.73. The number of hydrogen-bond donors (Lipinski definition) is 0. The molecule has 19 heavy (non-hydrogen) atoms. The summed E-state index contributed by atoms with van der Waals surface area (Å²) in [6, 6.07) is 7.86. The summed E-state index contributed by atoms with van der Waals surface area (Å²) in [5.74, 6) is 0.538. The molecule has 1 aliphatic carbocycles. The molecule has 0 unspecified atom stereocenters. The lowest BCUT2D eigenvalue weighted by Gasteiger charge is -2.25. The Hall–Kier alpha value is -1.48. The first-order chi connectivity index (χ1) is 9.20. The van der Waals surface area contributed by atoms with E-state index in [9.17, 15) is 4.79 Å². The van der Waals surface area contributed by atoms with Crippen LogP contribution in [0, 0.1) is 5.92 Å². The molecule has 0 radical (unpaired) electrons. The Morgan fingerprint density at radius 1 is 1.26 bits per heavy atom. The maximum atomic E-state index is 11.2. The third kappa shape index (κ3) is 3.29. The van der Waals surface area contributed by atoms with Crippen LogP contribution in [0.2, 0.25) is 5.02 Å². The Bertz CT molecular complexity index is 505. The van der Waals surface area contributed by atoms with Gasteiger partial charge in [0.2, 0.25) is 0 Å². The molecule has 1 aromatic carbocycles. The van der Waals surface area contributed by atoms with Gasteiger partial charge in [0.05, 0.1) is 5.70 Å². The number of carbonyl (C=O) groups is 1. The monoisotopic (exact) mass is 277 g/mol. The summed E-state index contributed by atoms with van der Waals surface area (Å²) in [6.07, 6.45) is 4.19. The number of nitrogens with zero attached hydrogens (tertiary/aromatic N) is 1. The summed E-state index contributed by atoms with van der Waals surface area (Å²) in [4.78, 5) is 13.5. The quantitative estimate of drug-likeness (QED) is 0.775. The first-order valence-electron chi connectivity index (χ1n) is 6.57. The Kier molecular flexibility index (Phi) is 3.47. The number of halogens is 1. The number of esters is 1. The molecule has 0 atom stereocenters. The van der Waals surface area contributed by atoms with Crippen LogP contribution in [0.5, 0.6) is 0 Å². The van der Waals surface area contributed by atoms with E-state index in [2.05, 4.69) is 4.90 Å². The number of ether oxygens (including phenoxy) is 1. The molecular formula is C15H16ClNO2. The second-order valence-electron chi connectivity index (χ2n) is 5.19. The molecule has 0 saturated heterocycles. The number of rotatable bonds is 5. The van der Waals surface area contributed by atoms with Crippen LogP contribution in [0.15, 0.2) is 36.0 Å². The van der Waals surface area contributed by atoms with E-state index in [1.165, 1.54) is 18.4 Å². The van der Waals surface area contributed by atoms with Crippen LogP contribution in [0.1, 0.15) is 18.4 Å². The third-order valence-corrected chi connectivity index (χ3v) is 3.77. The SMILES string of the molecule is O=C1C=C(N(Cc2ccc(Cl)cc2)CC2CC2)CO1. The van der Waals surface area contributed by atoms with E-state index < -0.39 is 0 Å². The van der Waals surface area contributed by atoms with Gasteiger partial charge in [-0.15, -0.1) is 0 Å². The van der Waals surface area contributed by atoms with Gasteiger partial charge in [0.25, 0.3) is 0 Å². The van der Waals surface area contributed by atoms with Crippen molar-refractivity contribution in [2.24, 2.45) is 5.92 Å². The first-order valence-corrected chi connectivity index (χ1v) is 6.95. The topological polar surface area (TPSA) is 29.5 Å². The van der Waals surface area contributed by atoms with Gasteiger partial charge in [0.1, 0.15) is 6.61 Å². The minimum absolute atomic E-state index is 0.230. The van der Waals surface area contributed by atoms with Crippen molar-refractivity contribution < 1.29 is 9.53 Å². The fraction of sp³-hybridized carbons (Fsp3) is 0.400. The third-order valence-electron chi connectivity index (χ3n) is 3.52. The van der Waals surface area contributed by atoms with Gasteiger partial charge in [0.15, 0.2) is 0 Å². The smallest absolute Gasteiger partial charge is 0.333 e. The summed E-state index contributed by atoms with van der Waals surface area (Å²) in [6.45, 7) is 2.21. The number of carbonyl (C=O) groups excluding carboxylic acids is 1. The molecule has 0 amide bonds. The van der Waals surface area contributed by atoms with Gasteiger partial charge >= 0.3 is 5.97 Å². The molecule has 3 nitrogen and oxygen atoms in total. The Labute approximate surface area is 117 Å². The van der Waals surface area contributed by atoms with Gasteiger partial charge in [-0.05, 0) is 36.5 Å². The van der Waals surface area contributed by atoms with Crippen molar-refractivity contribution in [3.05, 3.63) is 46.6 Å². The van der Waals surface area contributed by atoms with Crippen LogP contribution in [0.4, 0.5) is 0 Å². The van der Waals surface area contributed by atoms with Crippen LogP contribution in [-0.4, -0.2) is 24.0 Å². The van der Waals surface area contributed by atoms with Crippen molar-refractivity contribution >= 4 is 17.6 Å². The maximum Gasteiger partial charge on any atom is 0.333 e. The van der Waals surface area contributed by atoms with Gasteiger partial charge in [-0.3, -0.25) is 0 Å². The minimum Gasteiger partial charge on any atom is -0.456 e. The highest BCUT2D eigenvalue weighted by Crippen LogP contribution is 2.32. The molecule has 0 spiro atoms. The summed E-state index contributed by atoms with van der Waals surface area (Å²) in [5.41, 5.74) is 2.19. The highest BCUT2D eigenvalue weighted by molar-refractivity contribution is 6.30. The lowest BCUT2D eigenvalue weighted by molar-refractivity contribution is -0.135. The normalized spacial score (nSPS) is 18.2. The van der Waals surface area contributed by atoms with Gasteiger partial charge < -0.3 is 9.64 Å². The van der Waals surface area contributed by atoms with Crippen LogP contribution in [0.25, 0.3) is 0 Å². The lowest BCUT2D eigenvalue weighted by Crippen LogP contribution is -2.25. The highest BCUT2D eigenvalue weighted by Gasteiger charge is 2.27. The molecule has 1 aromatic rings. The van der Waals surface area contributed by atoms with Crippen molar-refractivity contribution in [3.8, 4) is 0 Å². The number of cyclic esters (lactones) is 1. The van der Waals surface area contributed by atoms with Crippen molar-refractivity contribution in [1.82, 2.24) is 4.90 Å². The molecular weight excluding hydrogens is 262 g/mol. The Morgan fingerprint density at radius 2 is 2.00 bits per heavy atom. The van der Waals surface area contributed by atoms with Crippen LogP contribution in [-0.2, 0) is 16.1 Å². The van der Waals surface area contributed by atoms with Gasteiger partial charge in [-0.2, -0.15) is 0 Å². The van der Waals surface area contributed by atoms with Crippen LogP contribution in [0.3, 0.4) is 0 Å². The van der Waals surface area contributed by atoms with E-state index in [1.807, 2.05) is 24.3 Å². The molecule has 0 bridgehead atoms. The molecule has 1 heterocycles. The van der Waals surface area contributed by atoms with Gasteiger partial charge in [0, 0.05) is 24.2 Å². The zero-order valence-electron chi connectivity index (χ0n) is 10.6. The van der Waals surface area contributed by atoms with Gasteiger partial charge in [-0.25, -0.2) is 4.79 Å². The molecule has 1 aliphatic heterocycles. The van der Waals surface area contributed by atoms with Crippen LogP contribution >= 0.6 is 11.6 Å². The molecule has 1 saturated carbocycles. The molecule has 100 valence electrons. The van der Waals surface area contributed by atoms with Crippen molar-refractivity contribution in [2.75, 3.05) is 13.2 Å². The molecule has 1 fully saturated rings. The molecule has 3 rings (SSSR count). The van der Waals surface area contributed by atoms with E-state index in [4.69, 9.17) is 16.3 Å². The molecule has 0 aromatic heterocycles. The van der Waals surface area contributed by atoms with E-state index in [-0.39, 0.29) is 5.97 Å². The predicted octanol–water partition coefficient (Wildman–Crippen LogP) is 2.99. The van der Waals surface area contributed by atoms with Crippen molar-refractivity contribution in [2.45, 2.75) is 19.4 Å². The van der Waals surface area contributed by atoms with Crippen molar-refractivity contribution in [1.29, 1.82) is 0 Å². The first kappa shape index (κ1) is 12.5. The zero-order valence-corrected chi connectivity index (χ0v) is 11.4. The fourth-order valence-corrected chi connectivity index (χ4v) is 2.38. The van der Waals surface area contributed by atoms with E-state index in [0.29, 0.717) is 6.61 Å². The largest absolute Gasteiger partial charge is 0.456 e. The summed E-state index contributed by atoms with van der Waals surface area (Å²) >= 11 is 5.90. The van der Waals surface area contributed by atoms with E-state index >= 15 is 0 Å². The standard InChI is InChI=1S/C15H16ClNO2/c16-13-5-3-12(4-6-13)9-17(8-11-1-2-11)14-7-15(18)19-10-14/h3-7,11H,1-2,8-10H2. The fourth-order valence-electron chi connectivity index (χ4n) is 2.25.